The number of hydrogen-bond acceptors (Lipinski definition) is 6. The van der Waals surface area contributed by atoms with Crippen molar-refractivity contribution in [1.29, 1.82) is 0 Å². The van der Waals surface area contributed by atoms with Crippen molar-refractivity contribution in [2.75, 3.05) is 39.7 Å². The van der Waals surface area contributed by atoms with Gasteiger partial charge >= 0.3 is 0 Å². The standard InChI is InChI=1S/C23H30N2O6S/c1-4-31-20-7-5-17(6-8-20)13-23(26)24-10-12-32(27,28)25-11-9-18-14-21(29-2)22(30-3)15-19(18)16-25/h5-8,14-15H,4,9-13,16H2,1-3H3,(H,24,26). The Morgan fingerprint density at radius 1 is 1.06 bits per heavy atom. The number of hydrogen-bond donors (Lipinski definition) is 1. The monoisotopic (exact) mass is 462 g/mol. The highest BCUT2D eigenvalue weighted by molar-refractivity contribution is 7.89. The minimum Gasteiger partial charge on any atom is -0.494 e. The van der Waals surface area contributed by atoms with Crippen LogP contribution in [-0.4, -0.2) is 58.3 Å². The maximum Gasteiger partial charge on any atom is 0.224 e. The molecule has 8 nitrogen and oxygen atoms in total. The molecule has 174 valence electrons. The van der Waals surface area contributed by atoms with Gasteiger partial charge in [-0.15, -0.1) is 0 Å². The van der Waals surface area contributed by atoms with E-state index in [4.69, 9.17) is 14.2 Å². The molecule has 1 heterocycles. The van der Waals surface area contributed by atoms with Crippen LogP contribution in [0.1, 0.15) is 23.6 Å². The van der Waals surface area contributed by atoms with Gasteiger partial charge in [0.1, 0.15) is 5.75 Å². The fourth-order valence-corrected chi connectivity index (χ4v) is 4.98. The SMILES string of the molecule is CCOc1ccc(CC(=O)NCCS(=O)(=O)N2CCc3cc(OC)c(OC)cc3C2)cc1. The molecule has 0 spiro atoms. The van der Waals surface area contributed by atoms with Gasteiger partial charge in [0.25, 0.3) is 0 Å². The average Bonchev–Trinajstić information content (AvgIpc) is 2.79. The number of amides is 1. The molecule has 0 unspecified atom stereocenters. The van der Waals surface area contributed by atoms with Crippen LogP contribution in [0, 0.1) is 0 Å². The molecule has 1 aliphatic heterocycles. The van der Waals surface area contributed by atoms with Crippen LogP contribution in [0.4, 0.5) is 0 Å². The first-order valence-electron chi connectivity index (χ1n) is 10.6. The van der Waals surface area contributed by atoms with Crippen molar-refractivity contribution in [3.63, 3.8) is 0 Å². The lowest BCUT2D eigenvalue weighted by Gasteiger charge is -2.29. The molecule has 0 aromatic heterocycles. The molecule has 32 heavy (non-hydrogen) atoms. The Hall–Kier alpha value is -2.78. The van der Waals surface area contributed by atoms with E-state index in [-0.39, 0.29) is 31.2 Å². The molecule has 0 fully saturated rings. The molecule has 0 aliphatic carbocycles. The molecule has 0 atom stereocenters. The van der Waals surface area contributed by atoms with E-state index in [0.717, 1.165) is 22.4 Å². The van der Waals surface area contributed by atoms with E-state index in [2.05, 4.69) is 5.32 Å². The van der Waals surface area contributed by atoms with Gasteiger partial charge in [-0.2, -0.15) is 4.31 Å². The first-order chi connectivity index (χ1) is 15.4. The van der Waals surface area contributed by atoms with Gasteiger partial charge in [0.15, 0.2) is 11.5 Å². The topological polar surface area (TPSA) is 94.2 Å². The fraction of sp³-hybridized carbons (Fsp3) is 0.435. The first-order valence-corrected chi connectivity index (χ1v) is 12.2. The number of rotatable bonds is 10. The van der Waals surface area contributed by atoms with Crippen LogP contribution in [0.15, 0.2) is 36.4 Å². The van der Waals surface area contributed by atoms with Crippen molar-refractivity contribution in [1.82, 2.24) is 9.62 Å². The van der Waals surface area contributed by atoms with Gasteiger partial charge in [-0.1, -0.05) is 12.1 Å². The largest absolute Gasteiger partial charge is 0.494 e. The summed E-state index contributed by atoms with van der Waals surface area (Å²) in [7, 11) is -0.381. The second-order valence-corrected chi connectivity index (χ2v) is 9.57. The number of ether oxygens (including phenoxy) is 3. The average molecular weight is 463 g/mol. The van der Waals surface area contributed by atoms with Crippen LogP contribution in [0.25, 0.3) is 0 Å². The third-order valence-electron chi connectivity index (χ3n) is 5.36. The Morgan fingerprint density at radius 2 is 1.72 bits per heavy atom. The van der Waals surface area contributed by atoms with Crippen LogP contribution in [0.2, 0.25) is 0 Å². The number of nitrogens with one attached hydrogen (secondary N) is 1. The van der Waals surface area contributed by atoms with Crippen LogP contribution in [0.5, 0.6) is 17.2 Å². The van der Waals surface area contributed by atoms with Gasteiger partial charge in [0.05, 0.1) is 33.0 Å². The molecule has 2 aromatic carbocycles. The van der Waals surface area contributed by atoms with Gasteiger partial charge < -0.3 is 19.5 Å². The minimum absolute atomic E-state index is 0.0630. The van der Waals surface area contributed by atoms with Crippen molar-refractivity contribution >= 4 is 15.9 Å². The molecular weight excluding hydrogens is 432 g/mol. The molecule has 0 radical (unpaired) electrons. The van der Waals surface area contributed by atoms with Crippen LogP contribution < -0.4 is 19.5 Å². The second-order valence-electron chi connectivity index (χ2n) is 7.48. The molecular formula is C23H30N2O6S. The predicted octanol–water partition coefficient (Wildman–Crippen LogP) is 2.15. The fourth-order valence-electron chi connectivity index (χ4n) is 3.66. The number of nitrogens with zero attached hydrogens (tertiary/aromatic N) is 1. The Balaban J connectivity index is 1.52. The summed E-state index contributed by atoms with van der Waals surface area (Å²) in [6, 6.07) is 11.0. The summed E-state index contributed by atoms with van der Waals surface area (Å²) in [6.07, 6.45) is 0.782. The van der Waals surface area contributed by atoms with Crippen LogP contribution in [0.3, 0.4) is 0 Å². The summed E-state index contributed by atoms with van der Waals surface area (Å²) in [5.74, 6) is 1.60. The number of fused-ring (bicyclic) bond motifs is 1. The highest BCUT2D eigenvalue weighted by Crippen LogP contribution is 2.33. The van der Waals surface area contributed by atoms with Gasteiger partial charge in [-0.25, -0.2) is 8.42 Å². The Labute approximate surface area is 189 Å². The van der Waals surface area contributed by atoms with Crippen molar-refractivity contribution in [2.24, 2.45) is 0 Å². The van der Waals surface area contributed by atoms with Crippen LogP contribution in [-0.2, 0) is 34.2 Å². The van der Waals surface area contributed by atoms with Crippen molar-refractivity contribution < 1.29 is 27.4 Å². The Bertz CT molecular complexity index is 1040. The summed E-state index contributed by atoms with van der Waals surface area (Å²) in [6.45, 7) is 3.22. The number of carbonyl (C=O) groups excluding carboxylic acids is 1. The van der Waals surface area contributed by atoms with E-state index in [1.54, 1.807) is 14.2 Å². The summed E-state index contributed by atoms with van der Waals surface area (Å²) >= 11 is 0. The van der Waals surface area contributed by atoms with E-state index >= 15 is 0 Å². The van der Waals surface area contributed by atoms with Crippen molar-refractivity contribution in [3.8, 4) is 17.2 Å². The highest BCUT2D eigenvalue weighted by Gasteiger charge is 2.27. The summed E-state index contributed by atoms with van der Waals surface area (Å²) < 4.78 is 43.1. The van der Waals surface area contributed by atoms with Crippen LogP contribution >= 0.6 is 0 Å². The van der Waals surface area contributed by atoms with E-state index in [1.165, 1.54) is 4.31 Å². The first kappa shape index (κ1) is 23.9. The number of carbonyl (C=O) groups is 1. The summed E-state index contributed by atoms with van der Waals surface area (Å²) in [4.78, 5) is 12.2. The maximum absolute atomic E-state index is 12.8. The van der Waals surface area contributed by atoms with Gasteiger partial charge in [-0.05, 0) is 54.3 Å². The maximum atomic E-state index is 12.8. The van der Waals surface area contributed by atoms with E-state index in [0.29, 0.717) is 31.1 Å². The lowest BCUT2D eigenvalue weighted by molar-refractivity contribution is -0.120. The molecule has 1 N–H and O–H groups in total. The smallest absolute Gasteiger partial charge is 0.224 e. The molecule has 1 aliphatic rings. The lowest BCUT2D eigenvalue weighted by Crippen LogP contribution is -2.40. The molecule has 0 saturated heterocycles. The lowest BCUT2D eigenvalue weighted by atomic mass is 10.0. The zero-order valence-electron chi connectivity index (χ0n) is 18.7. The predicted molar refractivity (Wildman–Crippen MR) is 122 cm³/mol. The normalized spacial score (nSPS) is 13.8. The Morgan fingerprint density at radius 3 is 2.34 bits per heavy atom. The molecule has 9 heteroatoms. The minimum atomic E-state index is -3.51. The third kappa shape index (κ3) is 5.92. The quantitative estimate of drug-likeness (QED) is 0.582. The van der Waals surface area contributed by atoms with Gasteiger partial charge in [-0.3, -0.25) is 4.79 Å². The number of sulfonamides is 1. The van der Waals surface area contributed by atoms with Crippen molar-refractivity contribution in [3.05, 3.63) is 53.1 Å². The molecule has 3 rings (SSSR count). The van der Waals surface area contributed by atoms with Crippen molar-refractivity contribution in [2.45, 2.75) is 26.3 Å². The second kappa shape index (κ2) is 10.7. The van der Waals surface area contributed by atoms with E-state index in [1.807, 2.05) is 43.3 Å². The number of benzene rings is 2. The zero-order chi connectivity index (χ0) is 23.1. The Kier molecular flexibility index (Phi) is 7.98. The third-order valence-corrected chi connectivity index (χ3v) is 7.18. The summed E-state index contributed by atoms with van der Waals surface area (Å²) in [5, 5.41) is 2.71. The molecule has 2 aromatic rings. The van der Waals surface area contributed by atoms with Gasteiger partial charge in [0.2, 0.25) is 15.9 Å². The van der Waals surface area contributed by atoms with E-state index < -0.39 is 10.0 Å². The number of methoxy groups -OCH3 is 2. The molecule has 0 saturated carbocycles. The summed E-state index contributed by atoms with van der Waals surface area (Å²) in [5.41, 5.74) is 2.79. The molecule has 0 bridgehead atoms. The van der Waals surface area contributed by atoms with E-state index in [9.17, 15) is 13.2 Å². The molecule has 1 amide bonds. The van der Waals surface area contributed by atoms with Gasteiger partial charge in [0, 0.05) is 19.6 Å². The highest BCUT2D eigenvalue weighted by atomic mass is 32.2. The zero-order valence-corrected chi connectivity index (χ0v) is 19.5.